The van der Waals surface area contributed by atoms with E-state index in [1.54, 1.807) is 23.6 Å². The van der Waals surface area contributed by atoms with Crippen molar-refractivity contribution in [1.82, 2.24) is 9.47 Å². The quantitative estimate of drug-likeness (QED) is 0.567. The van der Waals surface area contributed by atoms with Crippen molar-refractivity contribution in [2.24, 2.45) is 0 Å². The fraction of sp³-hybridized carbons (Fsp3) is 0.391. The molecule has 2 aliphatic heterocycles. The molecule has 2 aliphatic rings. The van der Waals surface area contributed by atoms with Crippen LogP contribution in [0.15, 0.2) is 35.6 Å². The van der Waals surface area contributed by atoms with Crippen molar-refractivity contribution in [2.45, 2.75) is 37.7 Å². The van der Waals surface area contributed by atoms with Crippen LogP contribution in [0, 0.1) is 24.1 Å². The molecule has 12 heteroatoms. The largest absolute Gasteiger partial charge is 0.519 e. The second kappa shape index (κ2) is 9.59. The number of aromatic carboxylic acids is 1. The second-order valence-electron chi connectivity index (χ2n) is 8.14. The number of carboxylic acids is 1. The molecule has 0 amide bonds. The molecule has 2 aromatic heterocycles. The third-order valence-corrected chi connectivity index (χ3v) is 7.18. The Balaban J connectivity index is 0.000000917. The number of fused-ring (bicyclic) bond motifs is 3. The normalized spacial score (nSPS) is 17.2. The van der Waals surface area contributed by atoms with Gasteiger partial charge in [-0.05, 0) is 26.0 Å². The lowest BCUT2D eigenvalue weighted by Crippen LogP contribution is -2.46. The molecule has 0 saturated carbocycles. The van der Waals surface area contributed by atoms with Crippen LogP contribution in [0.25, 0.3) is 10.9 Å². The highest BCUT2D eigenvalue weighted by atomic mass is 32.2. The van der Waals surface area contributed by atoms with E-state index >= 15 is 4.39 Å². The van der Waals surface area contributed by atoms with Crippen LogP contribution in [-0.2, 0) is 6.54 Å². The molecule has 10 nitrogen and oxygen atoms in total. The Labute approximate surface area is 203 Å². The molecule has 0 unspecified atom stereocenters. The fourth-order valence-electron chi connectivity index (χ4n) is 4.34. The predicted octanol–water partition coefficient (Wildman–Crippen LogP) is 3.17. The zero-order valence-electron chi connectivity index (χ0n) is 19.3. The van der Waals surface area contributed by atoms with Crippen LogP contribution in [0.3, 0.4) is 0 Å². The first-order valence-electron chi connectivity index (χ1n) is 10.9. The van der Waals surface area contributed by atoms with Crippen molar-refractivity contribution < 1.29 is 23.1 Å². The van der Waals surface area contributed by atoms with E-state index in [1.807, 2.05) is 11.8 Å². The van der Waals surface area contributed by atoms with Gasteiger partial charge < -0.3 is 23.4 Å². The van der Waals surface area contributed by atoms with Gasteiger partial charge in [-0.1, -0.05) is 11.8 Å². The summed E-state index contributed by atoms with van der Waals surface area (Å²) >= 11 is 1.32. The molecule has 1 N–H and O–H groups in total. The van der Waals surface area contributed by atoms with E-state index < -0.39 is 23.0 Å². The molecule has 4 heterocycles. The number of nitriles is 1. The minimum Gasteiger partial charge on any atom is -0.477 e. The number of anilines is 1. The molecule has 0 radical (unpaired) electrons. The number of rotatable bonds is 4. The van der Waals surface area contributed by atoms with E-state index in [0.29, 0.717) is 60.5 Å². The number of pyridine rings is 1. The van der Waals surface area contributed by atoms with Gasteiger partial charge in [-0.25, -0.2) is 14.0 Å². The van der Waals surface area contributed by atoms with Gasteiger partial charge in [0.2, 0.25) is 5.43 Å². The summed E-state index contributed by atoms with van der Waals surface area (Å²) in [5.74, 6) is -1.64. The van der Waals surface area contributed by atoms with Gasteiger partial charge in [0, 0.05) is 38.5 Å². The zero-order chi connectivity index (χ0) is 25.4. The summed E-state index contributed by atoms with van der Waals surface area (Å²) in [6.45, 7) is 7.76. The summed E-state index contributed by atoms with van der Waals surface area (Å²) in [6, 6.07) is 4.55. The number of benzene rings is 1. The molecule has 3 aromatic rings. The molecule has 5 rings (SSSR count). The molecule has 1 fully saturated rings. The number of nitrogens with zero attached hydrogens (tertiary/aromatic N) is 4. The van der Waals surface area contributed by atoms with Gasteiger partial charge in [0.05, 0.1) is 34.2 Å². The highest BCUT2D eigenvalue weighted by Gasteiger charge is 2.33. The third-order valence-electron chi connectivity index (χ3n) is 6.00. The lowest BCUT2D eigenvalue weighted by molar-refractivity contribution is 0.0689. The number of carboxylic acid groups (broad SMARTS) is 1. The van der Waals surface area contributed by atoms with Crippen LogP contribution in [0.2, 0.25) is 0 Å². The topological polar surface area (TPSA) is 133 Å². The van der Waals surface area contributed by atoms with Gasteiger partial charge in [-0.3, -0.25) is 9.69 Å². The lowest BCUT2D eigenvalue weighted by Gasteiger charge is -2.37. The SMILES string of the molecule is CC#N.Cc1oc(=O)oc1CN1CCN(c2cc3c(cc2F)c(=O)c(C(=O)O)c2n3[C@@H](C)S2)CC1. The number of thioether (sulfide) groups is 1. The Bertz CT molecular complexity index is 1460. The summed E-state index contributed by atoms with van der Waals surface area (Å²) < 4.78 is 26.8. The van der Waals surface area contributed by atoms with Crippen LogP contribution >= 0.6 is 11.8 Å². The maximum Gasteiger partial charge on any atom is 0.519 e. The average molecular weight is 503 g/mol. The van der Waals surface area contributed by atoms with Crippen molar-refractivity contribution in [3.8, 4) is 6.07 Å². The van der Waals surface area contributed by atoms with Crippen LogP contribution in [-0.4, -0.2) is 46.7 Å². The molecule has 0 spiro atoms. The van der Waals surface area contributed by atoms with E-state index in [0.717, 1.165) is 6.07 Å². The summed E-state index contributed by atoms with van der Waals surface area (Å²) in [4.78, 5) is 39.6. The molecular weight excluding hydrogens is 479 g/mol. The van der Waals surface area contributed by atoms with Crippen molar-refractivity contribution in [1.29, 1.82) is 5.26 Å². The molecule has 0 bridgehead atoms. The number of hydrogen-bond acceptors (Lipinski definition) is 9. The number of hydrogen-bond donors (Lipinski definition) is 1. The number of carbonyl (C=O) groups is 1. The second-order valence-corrected chi connectivity index (χ2v) is 9.45. The summed E-state index contributed by atoms with van der Waals surface area (Å²) in [5.41, 5.74) is -0.0479. The van der Waals surface area contributed by atoms with E-state index in [-0.39, 0.29) is 16.3 Å². The summed E-state index contributed by atoms with van der Waals surface area (Å²) in [6.07, 6.45) is 0. The molecule has 1 aromatic carbocycles. The van der Waals surface area contributed by atoms with Crippen LogP contribution in [0.1, 0.15) is 41.1 Å². The Morgan fingerprint density at radius 3 is 2.46 bits per heavy atom. The Morgan fingerprint density at radius 2 is 1.91 bits per heavy atom. The fourth-order valence-corrected chi connectivity index (χ4v) is 5.49. The number of aryl methyl sites for hydroxylation is 1. The van der Waals surface area contributed by atoms with Gasteiger partial charge in [-0.2, -0.15) is 5.26 Å². The predicted molar refractivity (Wildman–Crippen MR) is 126 cm³/mol. The number of halogens is 1. The maximum absolute atomic E-state index is 15.0. The van der Waals surface area contributed by atoms with Gasteiger partial charge >= 0.3 is 11.8 Å². The summed E-state index contributed by atoms with van der Waals surface area (Å²) in [7, 11) is 0. The van der Waals surface area contributed by atoms with E-state index in [9.17, 15) is 19.5 Å². The van der Waals surface area contributed by atoms with Gasteiger partial charge in [0.25, 0.3) is 0 Å². The summed E-state index contributed by atoms with van der Waals surface area (Å²) in [5, 5.41) is 17.2. The Hall–Kier alpha value is -3.56. The standard InChI is InChI=1S/C21H20FN3O6S.C2H3N/c1-10-16(31-21(29)30-10)9-23-3-5-24(6-4-23)15-8-14-12(7-13(15)22)18(26)17(20(27)28)19-25(14)11(2)32-19;1-2-3/h7-8,11H,3-6,9H2,1-2H3,(H,27,28);1H3/t11-;/m1./s1. The van der Waals surface area contributed by atoms with Crippen molar-refractivity contribution in [3.63, 3.8) is 0 Å². The first kappa shape index (κ1) is 24.6. The van der Waals surface area contributed by atoms with E-state index in [1.165, 1.54) is 18.7 Å². The Morgan fingerprint density at radius 1 is 1.26 bits per heavy atom. The average Bonchev–Trinajstić information content (AvgIpc) is 3.11. The van der Waals surface area contributed by atoms with Crippen molar-refractivity contribution in [2.75, 3.05) is 31.1 Å². The molecule has 184 valence electrons. The van der Waals surface area contributed by atoms with Crippen LogP contribution < -0.4 is 16.2 Å². The van der Waals surface area contributed by atoms with Crippen molar-refractivity contribution in [3.05, 3.63) is 55.9 Å². The zero-order valence-corrected chi connectivity index (χ0v) is 20.1. The molecule has 1 atom stereocenters. The highest BCUT2D eigenvalue weighted by Crippen LogP contribution is 2.46. The maximum atomic E-state index is 15.0. The number of aromatic nitrogens is 1. The van der Waals surface area contributed by atoms with E-state index in [4.69, 9.17) is 14.1 Å². The molecule has 1 saturated heterocycles. The Kier molecular flexibility index (Phi) is 6.73. The third kappa shape index (κ3) is 4.44. The smallest absolute Gasteiger partial charge is 0.477 e. The first-order valence-corrected chi connectivity index (χ1v) is 11.7. The van der Waals surface area contributed by atoms with Gasteiger partial charge in [0.15, 0.2) is 5.76 Å². The minimum atomic E-state index is -1.30. The monoisotopic (exact) mass is 502 g/mol. The highest BCUT2D eigenvalue weighted by molar-refractivity contribution is 8.00. The molecule has 0 aliphatic carbocycles. The van der Waals surface area contributed by atoms with Crippen LogP contribution in [0.4, 0.5) is 10.1 Å². The molecule has 35 heavy (non-hydrogen) atoms. The number of piperazine rings is 1. The van der Waals surface area contributed by atoms with Crippen LogP contribution in [0.5, 0.6) is 0 Å². The lowest BCUT2D eigenvalue weighted by atomic mass is 10.1. The van der Waals surface area contributed by atoms with E-state index in [2.05, 4.69) is 4.90 Å². The first-order chi connectivity index (χ1) is 16.7. The van der Waals surface area contributed by atoms with Crippen molar-refractivity contribution >= 4 is 34.3 Å². The van der Waals surface area contributed by atoms with Gasteiger partial charge in [-0.15, -0.1) is 0 Å². The minimum absolute atomic E-state index is 0.0470. The molecular formula is C23H23FN4O6S. The van der Waals surface area contributed by atoms with Gasteiger partial charge in [0.1, 0.15) is 17.1 Å².